The first kappa shape index (κ1) is 17.4. The molecule has 2 N–H and O–H groups in total. The van der Waals surface area contributed by atoms with Gasteiger partial charge in [-0.05, 0) is 49.2 Å². The Labute approximate surface area is 144 Å². The standard InChI is InChI=1S/C17H20BrN3O2/c1-12-10-13(18)4-6-15(12)21-14-5-7-16(20-11-14)17(22)19-8-3-9-23-2/h4-7,10-11,21H,3,8-9H2,1-2H3,(H,19,22). The minimum absolute atomic E-state index is 0.174. The van der Waals surface area contributed by atoms with E-state index in [2.05, 4.69) is 31.5 Å². The minimum atomic E-state index is -0.174. The van der Waals surface area contributed by atoms with E-state index in [1.165, 1.54) is 0 Å². The number of carbonyl (C=O) groups excluding carboxylic acids is 1. The molecule has 2 rings (SSSR count). The van der Waals surface area contributed by atoms with Crippen molar-refractivity contribution < 1.29 is 9.53 Å². The second-order valence-electron chi connectivity index (χ2n) is 5.12. The van der Waals surface area contributed by atoms with Crippen molar-refractivity contribution >= 4 is 33.2 Å². The number of aryl methyl sites for hydroxylation is 1. The SMILES string of the molecule is COCCCNC(=O)c1ccc(Nc2ccc(Br)cc2C)cn1. The molecule has 1 amide bonds. The molecule has 0 fully saturated rings. The predicted molar refractivity (Wildman–Crippen MR) is 95.2 cm³/mol. The number of carbonyl (C=O) groups is 1. The van der Waals surface area contributed by atoms with E-state index >= 15 is 0 Å². The summed E-state index contributed by atoms with van der Waals surface area (Å²) in [5.74, 6) is -0.174. The number of anilines is 2. The molecule has 1 heterocycles. The van der Waals surface area contributed by atoms with Gasteiger partial charge in [0.05, 0.1) is 11.9 Å². The summed E-state index contributed by atoms with van der Waals surface area (Å²) >= 11 is 3.45. The molecular formula is C17H20BrN3O2. The van der Waals surface area contributed by atoms with Crippen molar-refractivity contribution in [3.05, 3.63) is 52.3 Å². The second-order valence-corrected chi connectivity index (χ2v) is 6.03. The van der Waals surface area contributed by atoms with Gasteiger partial charge >= 0.3 is 0 Å². The summed E-state index contributed by atoms with van der Waals surface area (Å²) < 4.78 is 5.98. The normalized spacial score (nSPS) is 10.4. The van der Waals surface area contributed by atoms with Gasteiger partial charge in [-0.25, -0.2) is 4.98 Å². The van der Waals surface area contributed by atoms with Crippen molar-refractivity contribution in [2.24, 2.45) is 0 Å². The maximum atomic E-state index is 11.9. The molecule has 0 unspecified atom stereocenters. The van der Waals surface area contributed by atoms with Gasteiger partial charge in [0.2, 0.25) is 0 Å². The average molecular weight is 378 g/mol. The van der Waals surface area contributed by atoms with Crippen LogP contribution >= 0.6 is 15.9 Å². The molecule has 23 heavy (non-hydrogen) atoms. The van der Waals surface area contributed by atoms with E-state index in [-0.39, 0.29) is 5.91 Å². The van der Waals surface area contributed by atoms with Gasteiger partial charge in [0, 0.05) is 30.4 Å². The number of aromatic nitrogens is 1. The molecule has 5 nitrogen and oxygen atoms in total. The Bertz CT molecular complexity index is 659. The van der Waals surface area contributed by atoms with Gasteiger partial charge in [-0.3, -0.25) is 4.79 Å². The monoisotopic (exact) mass is 377 g/mol. The maximum absolute atomic E-state index is 11.9. The number of methoxy groups -OCH3 is 1. The number of ether oxygens (including phenoxy) is 1. The van der Waals surface area contributed by atoms with Crippen LogP contribution in [-0.4, -0.2) is 31.2 Å². The van der Waals surface area contributed by atoms with E-state index in [0.29, 0.717) is 18.8 Å². The zero-order valence-corrected chi connectivity index (χ0v) is 14.8. The van der Waals surface area contributed by atoms with Crippen molar-refractivity contribution in [1.29, 1.82) is 0 Å². The molecule has 0 spiro atoms. The van der Waals surface area contributed by atoms with E-state index in [0.717, 1.165) is 27.8 Å². The highest BCUT2D eigenvalue weighted by atomic mass is 79.9. The van der Waals surface area contributed by atoms with Crippen molar-refractivity contribution in [3.63, 3.8) is 0 Å². The number of hydrogen-bond donors (Lipinski definition) is 2. The van der Waals surface area contributed by atoms with Crippen LogP contribution in [0, 0.1) is 6.92 Å². The predicted octanol–water partition coefficient (Wildman–Crippen LogP) is 3.66. The van der Waals surface area contributed by atoms with Crippen molar-refractivity contribution in [2.45, 2.75) is 13.3 Å². The molecule has 0 saturated carbocycles. The fourth-order valence-electron chi connectivity index (χ4n) is 2.03. The molecule has 6 heteroatoms. The topological polar surface area (TPSA) is 63.2 Å². The Morgan fingerprint density at radius 1 is 1.30 bits per heavy atom. The molecule has 0 saturated heterocycles. The van der Waals surface area contributed by atoms with Crippen LogP contribution in [-0.2, 0) is 4.74 Å². The molecule has 2 aromatic rings. The van der Waals surface area contributed by atoms with E-state index in [4.69, 9.17) is 4.74 Å². The highest BCUT2D eigenvalue weighted by Gasteiger charge is 2.07. The van der Waals surface area contributed by atoms with Gasteiger partial charge in [-0.1, -0.05) is 15.9 Å². The Balaban J connectivity index is 1.95. The number of hydrogen-bond acceptors (Lipinski definition) is 4. The molecule has 122 valence electrons. The zero-order chi connectivity index (χ0) is 16.7. The number of pyridine rings is 1. The Morgan fingerprint density at radius 2 is 2.13 bits per heavy atom. The first-order chi connectivity index (χ1) is 11.1. The summed E-state index contributed by atoms with van der Waals surface area (Å²) in [6, 6.07) is 9.57. The molecule has 0 aliphatic rings. The number of nitrogens with zero attached hydrogens (tertiary/aromatic N) is 1. The number of rotatable bonds is 7. The van der Waals surface area contributed by atoms with Crippen LogP contribution in [0.3, 0.4) is 0 Å². The lowest BCUT2D eigenvalue weighted by atomic mass is 10.2. The summed E-state index contributed by atoms with van der Waals surface area (Å²) in [6.45, 7) is 3.23. The molecule has 1 aromatic heterocycles. The number of benzene rings is 1. The highest BCUT2D eigenvalue weighted by Crippen LogP contribution is 2.23. The lowest BCUT2D eigenvalue weighted by molar-refractivity contribution is 0.0943. The van der Waals surface area contributed by atoms with Gasteiger partial charge in [0.1, 0.15) is 5.69 Å². The number of nitrogens with one attached hydrogen (secondary N) is 2. The summed E-state index contributed by atoms with van der Waals surface area (Å²) in [5.41, 5.74) is 3.37. The van der Waals surface area contributed by atoms with Gasteiger partial charge in [0.25, 0.3) is 5.91 Å². The molecule has 0 radical (unpaired) electrons. The molecule has 0 bridgehead atoms. The van der Waals surface area contributed by atoms with Gasteiger partial charge < -0.3 is 15.4 Å². The van der Waals surface area contributed by atoms with Gasteiger partial charge in [-0.15, -0.1) is 0 Å². The largest absolute Gasteiger partial charge is 0.385 e. The lowest BCUT2D eigenvalue weighted by Crippen LogP contribution is -2.26. The van der Waals surface area contributed by atoms with Gasteiger partial charge in [0.15, 0.2) is 0 Å². The van der Waals surface area contributed by atoms with Crippen LogP contribution in [0.15, 0.2) is 41.0 Å². The molecule has 1 aromatic carbocycles. The Morgan fingerprint density at radius 3 is 2.78 bits per heavy atom. The summed E-state index contributed by atoms with van der Waals surface area (Å²) in [6.07, 6.45) is 2.44. The van der Waals surface area contributed by atoms with Crippen molar-refractivity contribution in [3.8, 4) is 0 Å². The summed E-state index contributed by atoms with van der Waals surface area (Å²) in [7, 11) is 1.64. The van der Waals surface area contributed by atoms with Crippen LogP contribution in [0.2, 0.25) is 0 Å². The minimum Gasteiger partial charge on any atom is -0.385 e. The van der Waals surface area contributed by atoms with E-state index in [1.54, 1.807) is 19.4 Å². The third-order valence-corrected chi connectivity index (χ3v) is 3.77. The van der Waals surface area contributed by atoms with Crippen LogP contribution < -0.4 is 10.6 Å². The fraction of sp³-hybridized carbons (Fsp3) is 0.294. The molecule has 0 atom stereocenters. The lowest BCUT2D eigenvalue weighted by Gasteiger charge is -2.10. The number of halogens is 1. The van der Waals surface area contributed by atoms with Crippen LogP contribution in [0.1, 0.15) is 22.5 Å². The smallest absolute Gasteiger partial charge is 0.269 e. The summed E-state index contributed by atoms with van der Waals surface area (Å²) in [5, 5.41) is 6.11. The van der Waals surface area contributed by atoms with Crippen molar-refractivity contribution in [1.82, 2.24) is 10.3 Å². The molecule has 0 aliphatic heterocycles. The van der Waals surface area contributed by atoms with Gasteiger partial charge in [-0.2, -0.15) is 0 Å². The number of amides is 1. The molecular weight excluding hydrogens is 358 g/mol. The first-order valence-electron chi connectivity index (χ1n) is 7.36. The van der Waals surface area contributed by atoms with E-state index in [1.807, 2.05) is 31.2 Å². The van der Waals surface area contributed by atoms with Crippen LogP contribution in [0.25, 0.3) is 0 Å². The molecule has 0 aliphatic carbocycles. The fourth-order valence-corrected chi connectivity index (χ4v) is 2.51. The average Bonchev–Trinajstić information content (AvgIpc) is 2.55. The zero-order valence-electron chi connectivity index (χ0n) is 13.2. The Hall–Kier alpha value is -1.92. The van der Waals surface area contributed by atoms with E-state index in [9.17, 15) is 4.79 Å². The van der Waals surface area contributed by atoms with E-state index < -0.39 is 0 Å². The van der Waals surface area contributed by atoms with Crippen LogP contribution in [0.5, 0.6) is 0 Å². The first-order valence-corrected chi connectivity index (χ1v) is 8.16. The van der Waals surface area contributed by atoms with Crippen molar-refractivity contribution in [2.75, 3.05) is 25.6 Å². The maximum Gasteiger partial charge on any atom is 0.269 e. The third-order valence-electron chi connectivity index (χ3n) is 3.27. The Kier molecular flexibility index (Phi) is 6.55. The summed E-state index contributed by atoms with van der Waals surface area (Å²) in [4.78, 5) is 16.1. The second kappa shape index (κ2) is 8.64. The third kappa shape index (κ3) is 5.33. The quantitative estimate of drug-likeness (QED) is 0.722. The van der Waals surface area contributed by atoms with Crippen LogP contribution in [0.4, 0.5) is 11.4 Å². The highest BCUT2D eigenvalue weighted by molar-refractivity contribution is 9.10.